The Labute approximate surface area is 186 Å². The summed E-state index contributed by atoms with van der Waals surface area (Å²) in [6.45, 7) is 0.209. The molecule has 10 nitrogen and oxygen atoms in total. The Bertz CT molecular complexity index is 1270. The summed E-state index contributed by atoms with van der Waals surface area (Å²) >= 11 is 5.97. The molecule has 2 N–H and O–H groups in total. The highest BCUT2D eigenvalue weighted by Gasteiger charge is 2.18. The number of nitrogens with zero attached hydrogens (tertiary/aromatic N) is 3. The van der Waals surface area contributed by atoms with Gasteiger partial charge in [-0.15, -0.1) is 0 Å². The van der Waals surface area contributed by atoms with Crippen LogP contribution in [-0.4, -0.2) is 33.8 Å². The average Bonchev–Trinajstić information content (AvgIpc) is 2.75. The van der Waals surface area contributed by atoms with E-state index in [-0.39, 0.29) is 34.9 Å². The Morgan fingerprint density at radius 2 is 2.09 bits per heavy atom. The van der Waals surface area contributed by atoms with Crippen LogP contribution in [0, 0.1) is 10.1 Å². The standard InChI is InChI=1S/C21H17ClN4O6/c1-32-19-10-17(26(30)31)14(9-18(19)27)11-23-24-20(28)16-6-3-7-25(21(16)29)12-13-4-2-5-15(22)8-13/h2-11,27H,12H2,1H3,(H,24,28)/b23-11-. The highest BCUT2D eigenvalue weighted by molar-refractivity contribution is 6.30. The quantitative estimate of drug-likeness (QED) is 0.318. The molecule has 1 amide bonds. The molecule has 0 atom stereocenters. The molecule has 164 valence electrons. The molecule has 0 aliphatic heterocycles. The fourth-order valence-corrected chi connectivity index (χ4v) is 3.10. The lowest BCUT2D eigenvalue weighted by molar-refractivity contribution is -0.385. The number of phenolic OH excluding ortho intramolecular Hbond substituents is 1. The van der Waals surface area contributed by atoms with Crippen molar-refractivity contribution in [3.05, 3.63) is 96.9 Å². The largest absolute Gasteiger partial charge is 0.504 e. The summed E-state index contributed by atoms with van der Waals surface area (Å²) in [6, 6.07) is 12.0. The minimum Gasteiger partial charge on any atom is -0.504 e. The van der Waals surface area contributed by atoms with E-state index in [1.165, 1.54) is 30.0 Å². The van der Waals surface area contributed by atoms with Crippen LogP contribution in [0.4, 0.5) is 5.69 Å². The van der Waals surface area contributed by atoms with Gasteiger partial charge in [-0.2, -0.15) is 5.10 Å². The van der Waals surface area contributed by atoms with Gasteiger partial charge in [0.15, 0.2) is 11.5 Å². The molecule has 1 heterocycles. The monoisotopic (exact) mass is 456 g/mol. The van der Waals surface area contributed by atoms with Crippen LogP contribution in [0.2, 0.25) is 5.02 Å². The number of phenols is 1. The first-order chi connectivity index (χ1) is 15.3. The number of benzene rings is 2. The van der Waals surface area contributed by atoms with Gasteiger partial charge in [0, 0.05) is 11.2 Å². The van der Waals surface area contributed by atoms with Crippen LogP contribution in [0.1, 0.15) is 21.5 Å². The Morgan fingerprint density at radius 1 is 1.31 bits per heavy atom. The minimum atomic E-state index is -0.799. The lowest BCUT2D eigenvalue weighted by atomic mass is 10.1. The van der Waals surface area contributed by atoms with Gasteiger partial charge in [-0.1, -0.05) is 23.7 Å². The number of ether oxygens (including phenoxy) is 1. The Hall–Kier alpha value is -4.18. The molecule has 0 radical (unpaired) electrons. The fourth-order valence-electron chi connectivity index (χ4n) is 2.89. The van der Waals surface area contributed by atoms with Crippen molar-refractivity contribution in [2.24, 2.45) is 5.10 Å². The van der Waals surface area contributed by atoms with Crippen LogP contribution in [0.15, 0.2) is 64.6 Å². The van der Waals surface area contributed by atoms with Gasteiger partial charge in [-0.25, -0.2) is 5.43 Å². The molecule has 0 saturated heterocycles. The van der Waals surface area contributed by atoms with Crippen molar-refractivity contribution in [1.29, 1.82) is 0 Å². The van der Waals surface area contributed by atoms with Gasteiger partial charge >= 0.3 is 0 Å². The van der Waals surface area contributed by atoms with Crippen LogP contribution >= 0.6 is 11.6 Å². The van der Waals surface area contributed by atoms with Crippen molar-refractivity contribution in [3.8, 4) is 11.5 Å². The van der Waals surface area contributed by atoms with E-state index < -0.39 is 16.4 Å². The van der Waals surface area contributed by atoms with Gasteiger partial charge < -0.3 is 14.4 Å². The maximum atomic E-state index is 12.7. The van der Waals surface area contributed by atoms with Crippen molar-refractivity contribution in [3.63, 3.8) is 0 Å². The van der Waals surface area contributed by atoms with E-state index in [1.54, 1.807) is 24.3 Å². The molecule has 32 heavy (non-hydrogen) atoms. The number of hydrogen-bond donors (Lipinski definition) is 2. The van der Waals surface area contributed by atoms with Crippen LogP contribution in [0.25, 0.3) is 0 Å². The number of amides is 1. The topological polar surface area (TPSA) is 136 Å². The normalized spacial score (nSPS) is 10.8. The molecule has 0 bridgehead atoms. The van der Waals surface area contributed by atoms with Crippen molar-refractivity contribution in [2.75, 3.05) is 7.11 Å². The van der Waals surface area contributed by atoms with Gasteiger partial charge in [0.1, 0.15) is 5.56 Å². The van der Waals surface area contributed by atoms with Gasteiger partial charge in [-0.3, -0.25) is 19.7 Å². The summed E-state index contributed by atoms with van der Waals surface area (Å²) in [5.41, 5.74) is 1.77. The zero-order valence-electron chi connectivity index (χ0n) is 16.7. The number of nitrogens with one attached hydrogen (secondary N) is 1. The molecule has 11 heteroatoms. The fraction of sp³-hybridized carbons (Fsp3) is 0.0952. The number of halogens is 1. The number of aromatic nitrogens is 1. The van der Waals surface area contributed by atoms with Crippen molar-refractivity contribution < 1.29 is 19.6 Å². The highest BCUT2D eigenvalue weighted by atomic mass is 35.5. The molecule has 0 fully saturated rings. The molecular weight excluding hydrogens is 440 g/mol. The van der Waals surface area contributed by atoms with Crippen LogP contribution in [0.5, 0.6) is 11.5 Å². The highest BCUT2D eigenvalue weighted by Crippen LogP contribution is 2.32. The zero-order valence-corrected chi connectivity index (χ0v) is 17.4. The van der Waals surface area contributed by atoms with Gasteiger partial charge in [0.25, 0.3) is 17.2 Å². The molecule has 0 spiro atoms. The minimum absolute atomic E-state index is 0.0694. The van der Waals surface area contributed by atoms with Gasteiger partial charge in [0.2, 0.25) is 0 Å². The third-order valence-corrected chi connectivity index (χ3v) is 4.64. The number of nitro groups is 1. The van der Waals surface area contributed by atoms with E-state index in [9.17, 15) is 24.8 Å². The van der Waals surface area contributed by atoms with Crippen molar-refractivity contribution in [2.45, 2.75) is 6.54 Å². The molecule has 0 aliphatic rings. The number of pyridine rings is 1. The van der Waals surface area contributed by atoms with E-state index >= 15 is 0 Å². The maximum absolute atomic E-state index is 12.7. The van der Waals surface area contributed by atoms with Crippen LogP contribution in [0.3, 0.4) is 0 Å². The molecule has 3 aromatic rings. The van der Waals surface area contributed by atoms with Crippen LogP contribution < -0.4 is 15.7 Å². The predicted octanol–water partition coefficient (Wildman–Crippen LogP) is 2.94. The third kappa shape index (κ3) is 5.10. The summed E-state index contributed by atoms with van der Waals surface area (Å²) in [4.78, 5) is 35.7. The number of nitro benzene ring substituents is 1. The zero-order chi connectivity index (χ0) is 23.3. The Balaban J connectivity index is 1.80. The molecule has 0 unspecified atom stereocenters. The summed E-state index contributed by atoms with van der Waals surface area (Å²) in [5, 5.41) is 25.3. The summed E-state index contributed by atoms with van der Waals surface area (Å²) in [7, 11) is 1.26. The number of methoxy groups -OCH3 is 1. The molecular formula is C21H17ClN4O6. The first-order valence-corrected chi connectivity index (χ1v) is 9.50. The van der Waals surface area contributed by atoms with Gasteiger partial charge in [0.05, 0.1) is 36.4 Å². The number of carbonyl (C=O) groups excluding carboxylic acids is 1. The van der Waals surface area contributed by atoms with E-state index in [1.807, 2.05) is 0 Å². The second-order valence-electron chi connectivity index (χ2n) is 6.52. The predicted molar refractivity (Wildman–Crippen MR) is 118 cm³/mol. The summed E-state index contributed by atoms with van der Waals surface area (Å²) < 4.78 is 6.20. The third-order valence-electron chi connectivity index (χ3n) is 4.40. The molecule has 1 aromatic heterocycles. The average molecular weight is 457 g/mol. The number of rotatable bonds is 7. The number of hydrogen-bond acceptors (Lipinski definition) is 7. The van der Waals surface area contributed by atoms with E-state index in [2.05, 4.69) is 10.5 Å². The van der Waals surface area contributed by atoms with Gasteiger partial charge in [-0.05, 0) is 35.9 Å². The second kappa shape index (κ2) is 9.75. The van der Waals surface area contributed by atoms with E-state index in [4.69, 9.17) is 16.3 Å². The first-order valence-electron chi connectivity index (χ1n) is 9.13. The number of hydrazone groups is 1. The first kappa shape index (κ1) is 22.5. The van der Waals surface area contributed by atoms with E-state index in [0.29, 0.717) is 5.02 Å². The van der Waals surface area contributed by atoms with Crippen molar-refractivity contribution >= 4 is 29.4 Å². The molecule has 0 aliphatic carbocycles. The molecule has 0 saturated carbocycles. The summed E-state index contributed by atoms with van der Waals surface area (Å²) in [5.74, 6) is -1.22. The molecule has 2 aromatic carbocycles. The Kier molecular flexibility index (Phi) is 6.86. The second-order valence-corrected chi connectivity index (χ2v) is 6.96. The Morgan fingerprint density at radius 3 is 2.78 bits per heavy atom. The van der Waals surface area contributed by atoms with E-state index in [0.717, 1.165) is 23.9 Å². The lowest BCUT2D eigenvalue weighted by Gasteiger charge is -2.08. The van der Waals surface area contributed by atoms with Crippen molar-refractivity contribution in [1.82, 2.24) is 9.99 Å². The maximum Gasteiger partial charge on any atom is 0.282 e. The SMILES string of the molecule is COc1cc([N+](=O)[O-])c(/C=N\NC(=O)c2cccn(Cc3cccc(Cl)c3)c2=O)cc1O. The number of carbonyl (C=O) groups is 1. The lowest BCUT2D eigenvalue weighted by Crippen LogP contribution is -2.30. The smallest absolute Gasteiger partial charge is 0.282 e. The van der Waals surface area contributed by atoms with Crippen LogP contribution in [-0.2, 0) is 6.54 Å². The molecule has 3 rings (SSSR count). The summed E-state index contributed by atoms with van der Waals surface area (Å²) in [6.07, 6.45) is 2.52. The number of aromatic hydroxyl groups is 1.